The molecule has 0 atom stereocenters. The zero-order valence-corrected chi connectivity index (χ0v) is 13.2. The molecule has 0 amide bonds. The quantitative estimate of drug-likeness (QED) is 0.470. The second-order valence-electron chi connectivity index (χ2n) is 3.59. The third-order valence-electron chi connectivity index (χ3n) is 2.36. The summed E-state index contributed by atoms with van der Waals surface area (Å²) >= 11 is 3.68. The molecule has 0 aliphatic heterocycles. The van der Waals surface area contributed by atoms with E-state index in [1.165, 1.54) is 36.4 Å². The Morgan fingerprint density at radius 3 is 1.56 bits per heavy atom. The highest BCUT2D eigenvalue weighted by Gasteiger charge is 2.12. The van der Waals surface area contributed by atoms with Crippen LogP contribution in [0.1, 0.15) is 15.9 Å². The van der Waals surface area contributed by atoms with Gasteiger partial charge in [-0.05, 0) is 81.6 Å². The molecule has 2 rings (SSSR count). The zero-order valence-electron chi connectivity index (χ0n) is 8.88. The van der Waals surface area contributed by atoms with Crippen LogP contribution in [0.3, 0.4) is 0 Å². The van der Waals surface area contributed by atoms with Gasteiger partial charge in [0.15, 0.2) is 5.78 Å². The lowest BCUT2D eigenvalue weighted by Crippen LogP contribution is -2.03. The van der Waals surface area contributed by atoms with Gasteiger partial charge in [0.05, 0.1) is 0 Å². The standard InChI is InChI=1S/C13H6F2I2O/c14-9-5-7(1-3-11(9)16)13(18)8-2-4-12(17)10(15)6-8/h1-6H. The van der Waals surface area contributed by atoms with Gasteiger partial charge in [-0.15, -0.1) is 0 Å². The minimum absolute atomic E-state index is 0.216. The zero-order chi connectivity index (χ0) is 13.3. The van der Waals surface area contributed by atoms with E-state index in [9.17, 15) is 13.6 Å². The van der Waals surface area contributed by atoms with Crippen LogP contribution >= 0.6 is 45.2 Å². The number of carbonyl (C=O) groups excluding carboxylic acids is 1. The lowest BCUT2D eigenvalue weighted by atomic mass is 10.0. The predicted molar refractivity (Wildman–Crippen MR) is 81.7 cm³/mol. The van der Waals surface area contributed by atoms with Crippen molar-refractivity contribution in [3.05, 3.63) is 66.3 Å². The second kappa shape index (κ2) is 5.60. The molecule has 92 valence electrons. The Morgan fingerprint density at radius 2 is 1.22 bits per heavy atom. The number of hydrogen-bond acceptors (Lipinski definition) is 1. The van der Waals surface area contributed by atoms with Crippen molar-refractivity contribution in [3.8, 4) is 0 Å². The van der Waals surface area contributed by atoms with Gasteiger partial charge in [0, 0.05) is 18.3 Å². The van der Waals surface area contributed by atoms with E-state index in [-0.39, 0.29) is 16.9 Å². The smallest absolute Gasteiger partial charge is 0.193 e. The molecular weight excluding hydrogens is 464 g/mol. The Morgan fingerprint density at radius 1 is 0.833 bits per heavy atom. The van der Waals surface area contributed by atoms with Crippen molar-refractivity contribution in [1.82, 2.24) is 0 Å². The van der Waals surface area contributed by atoms with Crippen LogP contribution in [0.5, 0.6) is 0 Å². The van der Waals surface area contributed by atoms with Crippen LogP contribution in [-0.4, -0.2) is 5.78 Å². The number of benzene rings is 2. The number of carbonyl (C=O) groups is 1. The third-order valence-corrected chi connectivity index (χ3v) is 4.11. The topological polar surface area (TPSA) is 17.1 Å². The normalized spacial score (nSPS) is 10.4. The number of halogens is 4. The molecule has 0 heterocycles. The molecule has 2 aromatic rings. The van der Waals surface area contributed by atoms with Gasteiger partial charge in [0.1, 0.15) is 11.6 Å². The van der Waals surface area contributed by atoms with Gasteiger partial charge < -0.3 is 0 Å². The van der Waals surface area contributed by atoms with Crippen LogP contribution in [0.2, 0.25) is 0 Å². The van der Waals surface area contributed by atoms with E-state index in [1.54, 1.807) is 0 Å². The molecule has 0 radical (unpaired) electrons. The fourth-order valence-corrected chi connectivity index (χ4v) is 2.11. The molecule has 18 heavy (non-hydrogen) atoms. The van der Waals surface area contributed by atoms with Gasteiger partial charge in [-0.1, -0.05) is 0 Å². The molecule has 0 bridgehead atoms. The van der Waals surface area contributed by atoms with E-state index in [0.717, 1.165) is 0 Å². The average molecular weight is 470 g/mol. The van der Waals surface area contributed by atoms with Gasteiger partial charge in [-0.25, -0.2) is 8.78 Å². The molecule has 5 heteroatoms. The summed E-state index contributed by atoms with van der Waals surface area (Å²) in [7, 11) is 0. The summed E-state index contributed by atoms with van der Waals surface area (Å²) in [6, 6.07) is 8.43. The van der Waals surface area contributed by atoms with Crippen molar-refractivity contribution in [2.75, 3.05) is 0 Å². The third kappa shape index (κ3) is 2.87. The Labute approximate surface area is 130 Å². The van der Waals surface area contributed by atoms with E-state index in [4.69, 9.17) is 0 Å². The van der Waals surface area contributed by atoms with E-state index in [0.29, 0.717) is 7.14 Å². The van der Waals surface area contributed by atoms with Gasteiger partial charge in [-0.3, -0.25) is 4.79 Å². The van der Waals surface area contributed by atoms with Gasteiger partial charge >= 0.3 is 0 Å². The highest BCUT2D eigenvalue weighted by Crippen LogP contribution is 2.18. The molecule has 0 aliphatic rings. The van der Waals surface area contributed by atoms with Gasteiger partial charge in [0.2, 0.25) is 0 Å². The molecule has 0 saturated carbocycles. The van der Waals surface area contributed by atoms with Crippen molar-refractivity contribution >= 4 is 51.0 Å². The first-order valence-corrected chi connectivity index (χ1v) is 7.09. The summed E-state index contributed by atoms with van der Waals surface area (Å²) < 4.78 is 27.6. The maximum atomic E-state index is 13.4. The molecule has 1 nitrogen and oxygen atoms in total. The molecule has 0 aliphatic carbocycles. The van der Waals surface area contributed by atoms with Crippen LogP contribution in [-0.2, 0) is 0 Å². The monoisotopic (exact) mass is 470 g/mol. The Balaban J connectivity index is 2.41. The molecule has 2 aromatic carbocycles. The lowest BCUT2D eigenvalue weighted by Gasteiger charge is -2.03. The van der Waals surface area contributed by atoms with Crippen LogP contribution in [0.4, 0.5) is 8.78 Å². The summed E-state index contributed by atoms with van der Waals surface area (Å²) in [5.41, 5.74) is 0.432. The molecule has 0 saturated heterocycles. The maximum absolute atomic E-state index is 13.4. The highest BCUT2D eigenvalue weighted by atomic mass is 127. The maximum Gasteiger partial charge on any atom is 0.193 e. The predicted octanol–water partition coefficient (Wildman–Crippen LogP) is 4.41. The Kier molecular flexibility index (Phi) is 4.31. The van der Waals surface area contributed by atoms with E-state index < -0.39 is 11.6 Å². The van der Waals surface area contributed by atoms with Crippen LogP contribution in [0.15, 0.2) is 36.4 Å². The first kappa shape index (κ1) is 13.9. The largest absolute Gasteiger partial charge is 0.289 e. The summed E-state index contributed by atoms with van der Waals surface area (Å²) in [6.07, 6.45) is 0. The molecule has 0 N–H and O–H groups in total. The van der Waals surface area contributed by atoms with Crippen LogP contribution < -0.4 is 0 Å². The highest BCUT2D eigenvalue weighted by molar-refractivity contribution is 14.1. The summed E-state index contributed by atoms with van der Waals surface area (Å²) in [6.45, 7) is 0. The fourth-order valence-electron chi connectivity index (χ4n) is 1.44. The SMILES string of the molecule is O=C(c1ccc(I)c(F)c1)c1ccc(I)c(F)c1. The lowest BCUT2D eigenvalue weighted by molar-refractivity contribution is 0.103. The number of rotatable bonds is 2. The summed E-state index contributed by atoms with van der Waals surface area (Å²) in [5.74, 6) is -1.29. The summed E-state index contributed by atoms with van der Waals surface area (Å²) in [5, 5.41) is 0. The second-order valence-corrected chi connectivity index (χ2v) is 5.91. The van der Waals surface area contributed by atoms with Crippen molar-refractivity contribution < 1.29 is 13.6 Å². The molecular formula is C13H6F2I2O. The minimum Gasteiger partial charge on any atom is -0.289 e. The van der Waals surface area contributed by atoms with Crippen LogP contribution in [0.25, 0.3) is 0 Å². The van der Waals surface area contributed by atoms with Gasteiger partial charge in [-0.2, -0.15) is 0 Å². The minimum atomic E-state index is -0.451. The van der Waals surface area contributed by atoms with E-state index >= 15 is 0 Å². The average Bonchev–Trinajstić information content (AvgIpc) is 2.35. The van der Waals surface area contributed by atoms with Crippen molar-refractivity contribution in [1.29, 1.82) is 0 Å². The van der Waals surface area contributed by atoms with E-state index in [2.05, 4.69) is 0 Å². The van der Waals surface area contributed by atoms with Crippen LogP contribution in [0, 0.1) is 18.8 Å². The van der Waals surface area contributed by atoms with Gasteiger partial charge in [0.25, 0.3) is 0 Å². The number of hydrogen-bond donors (Lipinski definition) is 0. The first-order valence-electron chi connectivity index (χ1n) is 4.94. The number of ketones is 1. The fraction of sp³-hybridized carbons (Fsp3) is 0. The molecule has 0 unspecified atom stereocenters. The molecule has 0 aromatic heterocycles. The molecule has 0 spiro atoms. The summed E-state index contributed by atoms with van der Waals surface area (Å²) in [4.78, 5) is 12.0. The van der Waals surface area contributed by atoms with Crippen molar-refractivity contribution in [2.24, 2.45) is 0 Å². The van der Waals surface area contributed by atoms with Crippen molar-refractivity contribution in [2.45, 2.75) is 0 Å². The Hall–Kier alpha value is -0.570. The first-order chi connectivity index (χ1) is 8.49. The van der Waals surface area contributed by atoms with Crippen molar-refractivity contribution in [3.63, 3.8) is 0 Å². The molecule has 0 fully saturated rings. The Bertz CT molecular complexity index is 573. The van der Waals surface area contributed by atoms with E-state index in [1.807, 2.05) is 45.2 Å².